The summed E-state index contributed by atoms with van der Waals surface area (Å²) in [6.45, 7) is 2.35. The number of carbonyl (C=O) groups excluding carboxylic acids is 1. The van der Waals surface area contributed by atoms with E-state index < -0.39 is 16.1 Å². The fourth-order valence-electron chi connectivity index (χ4n) is 3.40. The largest absolute Gasteiger partial charge is 0.324 e. The molecule has 2 aromatic rings. The second kappa shape index (κ2) is 7.70. The van der Waals surface area contributed by atoms with Gasteiger partial charge in [-0.2, -0.15) is 0 Å². The minimum atomic E-state index is -3.27. The Bertz CT molecular complexity index is 927. The van der Waals surface area contributed by atoms with E-state index in [9.17, 15) is 13.2 Å². The van der Waals surface area contributed by atoms with Crippen molar-refractivity contribution in [3.05, 3.63) is 59.7 Å². The molecule has 0 spiro atoms. The Hall–Kier alpha value is -2.38. The number of nitrogens with zero attached hydrogens (tertiary/aromatic N) is 2. The van der Waals surface area contributed by atoms with Crippen LogP contribution in [0.5, 0.6) is 0 Å². The Morgan fingerprint density at radius 2 is 1.85 bits per heavy atom. The van der Waals surface area contributed by atoms with Gasteiger partial charge < -0.3 is 5.32 Å². The first-order valence-electron chi connectivity index (χ1n) is 8.93. The smallest absolute Gasteiger partial charge is 0.246 e. The molecule has 1 aliphatic rings. The summed E-state index contributed by atoms with van der Waals surface area (Å²) >= 11 is 0. The Labute approximate surface area is 160 Å². The first kappa shape index (κ1) is 19.4. The summed E-state index contributed by atoms with van der Waals surface area (Å²) in [5.74, 6) is 0.00463. The van der Waals surface area contributed by atoms with Crippen molar-refractivity contribution in [2.75, 3.05) is 36.0 Å². The molecule has 1 aliphatic heterocycles. The molecule has 0 radical (unpaired) electrons. The minimum Gasteiger partial charge on any atom is -0.324 e. The van der Waals surface area contributed by atoms with Gasteiger partial charge in [-0.3, -0.25) is 14.0 Å². The molecule has 6 nitrogen and oxygen atoms in total. The van der Waals surface area contributed by atoms with Gasteiger partial charge >= 0.3 is 0 Å². The molecule has 1 unspecified atom stereocenters. The number of amides is 1. The number of hydrogen-bond donors (Lipinski definition) is 1. The number of anilines is 2. The molecule has 1 amide bonds. The minimum absolute atomic E-state index is 0.162. The summed E-state index contributed by atoms with van der Waals surface area (Å²) in [6, 6.07) is 14.5. The highest BCUT2D eigenvalue weighted by atomic mass is 32.2. The molecular formula is C20H25N3O3S. The van der Waals surface area contributed by atoms with Crippen LogP contribution < -0.4 is 9.62 Å². The van der Waals surface area contributed by atoms with E-state index in [2.05, 4.69) is 5.32 Å². The Morgan fingerprint density at radius 1 is 1.15 bits per heavy atom. The highest BCUT2D eigenvalue weighted by Gasteiger charge is 2.30. The number of hydrogen-bond acceptors (Lipinski definition) is 4. The quantitative estimate of drug-likeness (QED) is 0.857. The standard InChI is InChI=1S/C20H25N3O3S/c1-15-10-11-17(14-18(15)23-12-7-13-27(23,25)26)21-20(24)19(22(2)3)16-8-5-4-6-9-16/h4-6,8-11,14,19H,7,12-13H2,1-3H3,(H,21,24). The molecule has 1 atom stereocenters. The molecular weight excluding hydrogens is 362 g/mol. The van der Waals surface area contributed by atoms with E-state index in [0.29, 0.717) is 24.3 Å². The van der Waals surface area contributed by atoms with E-state index in [1.165, 1.54) is 4.31 Å². The number of aryl methyl sites for hydroxylation is 1. The van der Waals surface area contributed by atoms with Crippen LogP contribution in [0.2, 0.25) is 0 Å². The topological polar surface area (TPSA) is 69.7 Å². The fourth-order valence-corrected chi connectivity index (χ4v) is 5.01. The van der Waals surface area contributed by atoms with Crippen LogP contribution in [0.4, 0.5) is 11.4 Å². The van der Waals surface area contributed by atoms with Crippen LogP contribution in [0.3, 0.4) is 0 Å². The van der Waals surface area contributed by atoms with Gasteiger partial charge in [0.25, 0.3) is 0 Å². The number of rotatable bonds is 5. The first-order valence-corrected chi connectivity index (χ1v) is 10.5. The van der Waals surface area contributed by atoms with Crippen molar-refractivity contribution in [2.45, 2.75) is 19.4 Å². The van der Waals surface area contributed by atoms with E-state index in [4.69, 9.17) is 0 Å². The Kier molecular flexibility index (Phi) is 5.53. The average Bonchev–Trinajstić information content (AvgIpc) is 2.96. The van der Waals surface area contributed by atoms with Crippen molar-refractivity contribution < 1.29 is 13.2 Å². The molecule has 1 heterocycles. The number of nitrogens with one attached hydrogen (secondary N) is 1. The Balaban J connectivity index is 1.87. The molecule has 3 rings (SSSR count). The van der Waals surface area contributed by atoms with Crippen molar-refractivity contribution in [1.82, 2.24) is 4.90 Å². The molecule has 1 fully saturated rings. The monoisotopic (exact) mass is 387 g/mol. The third kappa shape index (κ3) is 4.14. The molecule has 1 N–H and O–H groups in total. The van der Waals surface area contributed by atoms with Crippen LogP contribution in [-0.2, 0) is 14.8 Å². The van der Waals surface area contributed by atoms with Crippen LogP contribution in [0.25, 0.3) is 0 Å². The van der Waals surface area contributed by atoms with Gasteiger partial charge in [0.1, 0.15) is 6.04 Å². The SMILES string of the molecule is Cc1ccc(NC(=O)C(c2ccccc2)N(C)C)cc1N1CCCS1(=O)=O. The molecule has 144 valence electrons. The second-order valence-corrected chi connectivity index (χ2v) is 9.02. The van der Waals surface area contributed by atoms with Gasteiger partial charge in [-0.15, -0.1) is 0 Å². The lowest BCUT2D eigenvalue weighted by Gasteiger charge is -2.25. The van der Waals surface area contributed by atoms with Crippen LogP contribution >= 0.6 is 0 Å². The van der Waals surface area contributed by atoms with Crippen LogP contribution in [-0.4, -0.2) is 45.6 Å². The van der Waals surface area contributed by atoms with Crippen LogP contribution in [0, 0.1) is 6.92 Å². The van der Waals surface area contributed by atoms with Crippen LogP contribution in [0.15, 0.2) is 48.5 Å². The zero-order valence-corrected chi connectivity index (χ0v) is 16.7. The molecule has 27 heavy (non-hydrogen) atoms. The fraction of sp³-hybridized carbons (Fsp3) is 0.350. The third-order valence-corrected chi connectivity index (χ3v) is 6.58. The molecule has 0 bridgehead atoms. The van der Waals surface area contributed by atoms with Gasteiger partial charge in [0.15, 0.2) is 0 Å². The summed E-state index contributed by atoms with van der Waals surface area (Å²) in [7, 11) is 0.443. The van der Waals surface area contributed by atoms with Crippen LogP contribution in [0.1, 0.15) is 23.6 Å². The lowest BCUT2D eigenvalue weighted by Crippen LogP contribution is -2.32. The molecule has 0 aromatic heterocycles. The third-order valence-electron chi connectivity index (χ3n) is 4.72. The van der Waals surface area contributed by atoms with Crippen molar-refractivity contribution in [3.63, 3.8) is 0 Å². The predicted octanol–water partition coefficient (Wildman–Crippen LogP) is 2.78. The maximum Gasteiger partial charge on any atom is 0.246 e. The highest BCUT2D eigenvalue weighted by molar-refractivity contribution is 7.93. The summed E-state index contributed by atoms with van der Waals surface area (Å²) in [4.78, 5) is 14.8. The summed E-state index contributed by atoms with van der Waals surface area (Å²) < 4.78 is 26.0. The van der Waals surface area contributed by atoms with Crippen molar-refractivity contribution >= 4 is 27.3 Å². The van der Waals surface area contributed by atoms with Gasteiger partial charge in [0.05, 0.1) is 11.4 Å². The maximum absolute atomic E-state index is 12.9. The van der Waals surface area contributed by atoms with Gasteiger partial charge in [-0.1, -0.05) is 36.4 Å². The summed E-state index contributed by atoms with van der Waals surface area (Å²) in [6.07, 6.45) is 0.620. The zero-order chi connectivity index (χ0) is 19.6. The zero-order valence-electron chi connectivity index (χ0n) is 15.8. The van der Waals surface area contributed by atoms with Gasteiger partial charge in [0, 0.05) is 12.2 Å². The normalized spacial score (nSPS) is 17.1. The van der Waals surface area contributed by atoms with Gasteiger partial charge in [-0.25, -0.2) is 8.42 Å². The average molecular weight is 388 g/mol. The van der Waals surface area contributed by atoms with E-state index in [1.807, 2.05) is 62.3 Å². The predicted molar refractivity (Wildman–Crippen MR) is 108 cm³/mol. The molecule has 0 saturated carbocycles. The number of likely N-dealkylation sites (N-methyl/N-ethyl adjacent to an activating group) is 1. The van der Waals surface area contributed by atoms with E-state index in [0.717, 1.165) is 11.1 Å². The lowest BCUT2D eigenvalue weighted by molar-refractivity contribution is -0.120. The number of sulfonamides is 1. The van der Waals surface area contributed by atoms with E-state index in [1.54, 1.807) is 12.1 Å². The maximum atomic E-state index is 12.9. The first-order chi connectivity index (χ1) is 12.8. The van der Waals surface area contributed by atoms with Gasteiger partial charge in [0.2, 0.25) is 15.9 Å². The number of benzene rings is 2. The summed E-state index contributed by atoms with van der Waals surface area (Å²) in [5.41, 5.74) is 2.98. The second-order valence-electron chi connectivity index (χ2n) is 7.01. The van der Waals surface area contributed by atoms with E-state index in [-0.39, 0.29) is 11.7 Å². The lowest BCUT2D eigenvalue weighted by atomic mass is 10.0. The molecule has 2 aromatic carbocycles. The molecule has 1 saturated heterocycles. The van der Waals surface area contributed by atoms with Crippen molar-refractivity contribution in [3.8, 4) is 0 Å². The summed E-state index contributed by atoms with van der Waals surface area (Å²) in [5, 5.41) is 2.94. The van der Waals surface area contributed by atoms with Gasteiger partial charge in [-0.05, 0) is 50.7 Å². The number of carbonyl (C=O) groups is 1. The van der Waals surface area contributed by atoms with Crippen molar-refractivity contribution in [2.24, 2.45) is 0 Å². The Morgan fingerprint density at radius 3 is 2.44 bits per heavy atom. The molecule has 0 aliphatic carbocycles. The van der Waals surface area contributed by atoms with E-state index >= 15 is 0 Å². The van der Waals surface area contributed by atoms with Crippen molar-refractivity contribution in [1.29, 1.82) is 0 Å². The highest BCUT2D eigenvalue weighted by Crippen LogP contribution is 2.30. The molecule has 7 heteroatoms.